The highest BCUT2D eigenvalue weighted by molar-refractivity contribution is 5.86. The van der Waals surface area contributed by atoms with E-state index in [-0.39, 0.29) is 28.8 Å². The summed E-state index contributed by atoms with van der Waals surface area (Å²) in [5.74, 6) is 0.210. The van der Waals surface area contributed by atoms with Gasteiger partial charge in [0.15, 0.2) is 0 Å². The molecule has 0 aromatic carbocycles. The first-order valence-corrected chi connectivity index (χ1v) is 10.4. The molecule has 4 rings (SSSR count). The second kappa shape index (κ2) is 7.35. The summed E-state index contributed by atoms with van der Waals surface area (Å²) >= 11 is 0. The van der Waals surface area contributed by atoms with Crippen molar-refractivity contribution in [1.29, 1.82) is 0 Å². The van der Waals surface area contributed by atoms with Crippen LogP contribution in [0.2, 0.25) is 0 Å². The second-order valence-corrected chi connectivity index (χ2v) is 8.97. The molecule has 28 heavy (non-hydrogen) atoms. The van der Waals surface area contributed by atoms with Gasteiger partial charge in [0.1, 0.15) is 0 Å². The predicted octanol–water partition coefficient (Wildman–Crippen LogP) is 1.60. The van der Waals surface area contributed by atoms with Gasteiger partial charge in [0.25, 0.3) is 0 Å². The van der Waals surface area contributed by atoms with Crippen molar-refractivity contribution in [2.45, 2.75) is 45.7 Å². The molecule has 1 atom stereocenters. The number of rotatable bonds is 3. The van der Waals surface area contributed by atoms with Crippen molar-refractivity contribution >= 4 is 11.9 Å². The quantitative estimate of drug-likeness (QED) is 0.829. The van der Waals surface area contributed by atoms with Gasteiger partial charge in [-0.05, 0) is 44.7 Å². The van der Waals surface area contributed by atoms with Gasteiger partial charge in [-0.25, -0.2) is 4.79 Å². The van der Waals surface area contributed by atoms with Gasteiger partial charge in [-0.15, -0.1) is 0 Å². The number of piperidine rings is 1. The summed E-state index contributed by atoms with van der Waals surface area (Å²) in [5, 5.41) is 6.09. The number of likely N-dealkylation sites (tertiary alicyclic amines) is 2. The molecule has 1 aromatic rings. The molecule has 3 aliphatic heterocycles. The van der Waals surface area contributed by atoms with E-state index in [1.807, 2.05) is 31.0 Å². The largest absolute Gasteiger partial charge is 0.356 e. The van der Waals surface area contributed by atoms with Crippen LogP contribution in [0.25, 0.3) is 0 Å². The van der Waals surface area contributed by atoms with Crippen LogP contribution in [0, 0.1) is 10.8 Å². The van der Waals surface area contributed by atoms with Crippen molar-refractivity contribution in [2.24, 2.45) is 10.8 Å². The Balaban J connectivity index is 1.51. The van der Waals surface area contributed by atoms with Crippen LogP contribution in [0.1, 0.15) is 38.7 Å². The number of pyridine rings is 1. The van der Waals surface area contributed by atoms with Crippen molar-refractivity contribution in [2.75, 3.05) is 32.7 Å². The molecule has 7 heteroatoms. The van der Waals surface area contributed by atoms with Crippen LogP contribution in [0.3, 0.4) is 0 Å². The monoisotopic (exact) mass is 385 g/mol. The smallest absolute Gasteiger partial charge is 0.317 e. The molecule has 2 N–H and O–H groups in total. The van der Waals surface area contributed by atoms with E-state index in [0.29, 0.717) is 13.1 Å². The van der Waals surface area contributed by atoms with Gasteiger partial charge in [0.2, 0.25) is 5.91 Å². The lowest BCUT2D eigenvalue weighted by Crippen LogP contribution is -2.55. The molecule has 3 saturated heterocycles. The van der Waals surface area contributed by atoms with E-state index in [9.17, 15) is 9.59 Å². The topological polar surface area (TPSA) is 77.6 Å². The number of carbonyl (C=O) groups is 2. The van der Waals surface area contributed by atoms with E-state index in [4.69, 9.17) is 0 Å². The number of carbonyl (C=O) groups excluding carboxylic acids is 2. The average Bonchev–Trinajstić information content (AvgIpc) is 3.17. The van der Waals surface area contributed by atoms with E-state index >= 15 is 0 Å². The standard InChI is InChI=1S/C21H31N5O2/c1-16(2)24-19(28)26-10-6-20(7-11-26)14-25(13-17-4-3-8-22-12-17)15-21(20)5-9-23-18(21)27/h3-4,8,12,16H,5-7,9-11,13-15H2,1-2H3,(H,23,27)(H,24,28)/t21-/m0/s1. The second-order valence-electron chi connectivity index (χ2n) is 8.97. The van der Waals surface area contributed by atoms with Gasteiger partial charge < -0.3 is 15.5 Å². The highest BCUT2D eigenvalue weighted by Gasteiger charge is 2.63. The minimum Gasteiger partial charge on any atom is -0.356 e. The molecule has 4 heterocycles. The number of hydrogen-bond acceptors (Lipinski definition) is 4. The van der Waals surface area contributed by atoms with Crippen LogP contribution in [0.15, 0.2) is 24.5 Å². The Kier molecular flexibility index (Phi) is 5.04. The highest BCUT2D eigenvalue weighted by atomic mass is 16.2. The maximum atomic E-state index is 13.0. The third-order valence-electron chi connectivity index (χ3n) is 6.86. The summed E-state index contributed by atoms with van der Waals surface area (Å²) in [6.45, 7) is 8.69. The molecule has 1 aromatic heterocycles. The van der Waals surface area contributed by atoms with Crippen molar-refractivity contribution in [1.82, 2.24) is 25.4 Å². The summed E-state index contributed by atoms with van der Waals surface area (Å²) in [4.78, 5) is 34.0. The summed E-state index contributed by atoms with van der Waals surface area (Å²) in [6, 6.07) is 4.21. The van der Waals surface area contributed by atoms with E-state index in [2.05, 4.69) is 26.6 Å². The first-order chi connectivity index (χ1) is 13.4. The zero-order valence-corrected chi connectivity index (χ0v) is 16.9. The molecule has 0 unspecified atom stereocenters. The molecule has 2 spiro atoms. The molecular formula is C21H31N5O2. The Hall–Kier alpha value is -2.15. The molecule has 3 aliphatic rings. The van der Waals surface area contributed by atoms with Crippen LogP contribution < -0.4 is 10.6 Å². The van der Waals surface area contributed by atoms with E-state index in [0.717, 1.165) is 45.4 Å². The molecule has 3 fully saturated rings. The van der Waals surface area contributed by atoms with Gasteiger partial charge >= 0.3 is 6.03 Å². The van der Waals surface area contributed by atoms with Crippen LogP contribution >= 0.6 is 0 Å². The van der Waals surface area contributed by atoms with Gasteiger partial charge in [-0.1, -0.05) is 6.07 Å². The highest BCUT2D eigenvalue weighted by Crippen LogP contribution is 2.56. The number of nitrogens with zero attached hydrogens (tertiary/aromatic N) is 3. The Morgan fingerprint density at radius 2 is 2.07 bits per heavy atom. The molecular weight excluding hydrogens is 354 g/mol. The number of urea groups is 1. The van der Waals surface area contributed by atoms with Crippen molar-refractivity contribution in [3.05, 3.63) is 30.1 Å². The van der Waals surface area contributed by atoms with Gasteiger partial charge in [0, 0.05) is 63.1 Å². The number of fused-ring (bicyclic) bond motifs is 1. The first kappa shape index (κ1) is 19.2. The average molecular weight is 386 g/mol. The maximum absolute atomic E-state index is 13.0. The van der Waals surface area contributed by atoms with Crippen LogP contribution in [0.5, 0.6) is 0 Å². The Labute approximate surface area is 166 Å². The Bertz CT molecular complexity index is 730. The van der Waals surface area contributed by atoms with Gasteiger partial charge in [-0.2, -0.15) is 0 Å². The first-order valence-electron chi connectivity index (χ1n) is 10.4. The van der Waals surface area contributed by atoms with E-state index in [1.54, 1.807) is 6.20 Å². The van der Waals surface area contributed by atoms with Crippen molar-refractivity contribution in [3.8, 4) is 0 Å². The third-order valence-corrected chi connectivity index (χ3v) is 6.86. The molecule has 0 saturated carbocycles. The fraction of sp³-hybridized carbons (Fsp3) is 0.667. The third kappa shape index (κ3) is 3.26. The summed E-state index contributed by atoms with van der Waals surface area (Å²) in [6.07, 6.45) is 6.36. The molecule has 0 bridgehead atoms. The lowest BCUT2D eigenvalue weighted by molar-refractivity contribution is -0.133. The Morgan fingerprint density at radius 1 is 1.29 bits per heavy atom. The van der Waals surface area contributed by atoms with E-state index < -0.39 is 0 Å². The van der Waals surface area contributed by atoms with Crippen molar-refractivity contribution in [3.63, 3.8) is 0 Å². The van der Waals surface area contributed by atoms with Crippen LogP contribution in [-0.4, -0.2) is 65.5 Å². The SMILES string of the molecule is CC(C)NC(=O)N1CCC2(CC1)CN(Cc1cccnc1)C[C@]21CCNC1=O. The molecule has 7 nitrogen and oxygen atoms in total. The zero-order valence-electron chi connectivity index (χ0n) is 16.9. The molecule has 0 aliphatic carbocycles. The lowest BCUT2D eigenvalue weighted by atomic mass is 9.60. The number of hydrogen-bond donors (Lipinski definition) is 2. The van der Waals surface area contributed by atoms with Crippen molar-refractivity contribution < 1.29 is 9.59 Å². The maximum Gasteiger partial charge on any atom is 0.317 e. The summed E-state index contributed by atoms with van der Waals surface area (Å²) in [5.41, 5.74) is 0.807. The molecule has 3 amide bonds. The Morgan fingerprint density at radius 3 is 2.68 bits per heavy atom. The summed E-state index contributed by atoms with van der Waals surface area (Å²) < 4.78 is 0. The normalized spacial score (nSPS) is 27.0. The number of amides is 3. The minimum atomic E-state index is -0.324. The molecule has 152 valence electrons. The van der Waals surface area contributed by atoms with E-state index in [1.165, 1.54) is 5.56 Å². The minimum absolute atomic E-state index is 0.0139. The van der Waals surface area contributed by atoms with Crippen LogP contribution in [0.4, 0.5) is 4.79 Å². The number of aromatic nitrogens is 1. The lowest BCUT2D eigenvalue weighted by Gasteiger charge is -2.46. The molecule has 0 radical (unpaired) electrons. The van der Waals surface area contributed by atoms with Gasteiger partial charge in [0.05, 0.1) is 5.41 Å². The van der Waals surface area contributed by atoms with Gasteiger partial charge in [-0.3, -0.25) is 14.7 Å². The van der Waals surface area contributed by atoms with Crippen LogP contribution in [-0.2, 0) is 11.3 Å². The predicted molar refractivity (Wildman–Crippen MR) is 106 cm³/mol. The zero-order chi connectivity index (χ0) is 19.8. The fourth-order valence-electron chi connectivity index (χ4n) is 5.49. The fourth-order valence-corrected chi connectivity index (χ4v) is 5.49. The number of nitrogens with one attached hydrogen (secondary N) is 2. The summed E-state index contributed by atoms with van der Waals surface area (Å²) in [7, 11) is 0.